The monoisotopic (exact) mass is 371 g/mol. The van der Waals surface area contributed by atoms with Crippen molar-refractivity contribution in [2.45, 2.75) is 25.3 Å². The first-order valence-electron chi connectivity index (χ1n) is 8.73. The quantitative estimate of drug-likeness (QED) is 0.900. The van der Waals surface area contributed by atoms with E-state index < -0.39 is 15.4 Å². The molecule has 0 saturated carbocycles. The number of hydrogen-bond acceptors (Lipinski definition) is 4. The van der Waals surface area contributed by atoms with Crippen LogP contribution in [0.15, 0.2) is 42.5 Å². The third kappa shape index (κ3) is 3.33. The molecule has 1 N–H and O–H groups in total. The summed E-state index contributed by atoms with van der Waals surface area (Å²) in [5, 5.41) is 2.89. The minimum absolute atomic E-state index is 0.00101. The summed E-state index contributed by atoms with van der Waals surface area (Å²) < 4.78 is 28.9. The molecule has 2 aromatic carbocycles. The van der Waals surface area contributed by atoms with Crippen molar-refractivity contribution >= 4 is 15.7 Å². The minimum Gasteiger partial charge on any atom is -0.493 e. The summed E-state index contributed by atoms with van der Waals surface area (Å²) in [6, 6.07) is 13.5. The fourth-order valence-corrected chi connectivity index (χ4v) is 5.73. The Labute approximate surface area is 153 Å². The molecule has 2 aliphatic heterocycles. The van der Waals surface area contributed by atoms with E-state index in [0.717, 1.165) is 29.9 Å². The Morgan fingerprint density at radius 1 is 1.12 bits per heavy atom. The average Bonchev–Trinajstić information content (AvgIpc) is 3.18. The molecule has 2 heterocycles. The summed E-state index contributed by atoms with van der Waals surface area (Å²) in [5.74, 6) is 0.842. The van der Waals surface area contributed by atoms with Crippen LogP contribution in [-0.2, 0) is 16.3 Å². The molecule has 0 aliphatic carbocycles. The molecule has 1 amide bonds. The van der Waals surface area contributed by atoms with Gasteiger partial charge in [-0.25, -0.2) is 8.42 Å². The number of nitrogens with one attached hydrogen (secondary N) is 1. The normalized spacial score (nSPS) is 23.3. The van der Waals surface area contributed by atoms with E-state index in [9.17, 15) is 13.2 Å². The predicted molar refractivity (Wildman–Crippen MR) is 100 cm³/mol. The third-order valence-corrected chi connectivity index (χ3v) is 6.99. The molecule has 0 spiro atoms. The van der Waals surface area contributed by atoms with Crippen molar-refractivity contribution in [1.29, 1.82) is 0 Å². The molecule has 1 atom stereocenters. The molecule has 2 aliphatic rings. The smallest absolute Gasteiger partial charge is 0.251 e. The lowest BCUT2D eigenvalue weighted by Crippen LogP contribution is -2.46. The summed E-state index contributed by atoms with van der Waals surface area (Å²) in [4.78, 5) is 12.5. The van der Waals surface area contributed by atoms with Gasteiger partial charge in [0.1, 0.15) is 5.75 Å². The van der Waals surface area contributed by atoms with Gasteiger partial charge in [0.25, 0.3) is 5.91 Å². The van der Waals surface area contributed by atoms with Gasteiger partial charge in [0.15, 0.2) is 9.84 Å². The fourth-order valence-electron chi connectivity index (χ4n) is 3.64. The van der Waals surface area contributed by atoms with Crippen LogP contribution < -0.4 is 10.1 Å². The van der Waals surface area contributed by atoms with Crippen LogP contribution in [0.5, 0.6) is 5.75 Å². The van der Waals surface area contributed by atoms with Gasteiger partial charge in [0, 0.05) is 12.0 Å². The van der Waals surface area contributed by atoms with E-state index in [4.69, 9.17) is 4.74 Å². The summed E-state index contributed by atoms with van der Waals surface area (Å²) in [5.41, 5.74) is 3.18. The van der Waals surface area contributed by atoms with Gasteiger partial charge in [-0.3, -0.25) is 4.79 Å². The Morgan fingerprint density at radius 3 is 2.54 bits per heavy atom. The SMILES string of the molecule is CC1(NC(=O)c2ccc(-c3ccc4c(c3)CCO4)cc2)CCS(=O)(=O)C1. The molecule has 136 valence electrons. The highest BCUT2D eigenvalue weighted by Crippen LogP contribution is 2.30. The largest absolute Gasteiger partial charge is 0.493 e. The Bertz CT molecular complexity index is 966. The molecule has 0 radical (unpaired) electrons. The summed E-state index contributed by atoms with van der Waals surface area (Å²) in [6.07, 6.45) is 1.38. The number of benzene rings is 2. The molecule has 2 aromatic rings. The van der Waals surface area contributed by atoms with E-state index in [-0.39, 0.29) is 17.4 Å². The third-order valence-electron chi connectivity index (χ3n) is 5.09. The molecule has 1 saturated heterocycles. The molecule has 1 fully saturated rings. The van der Waals surface area contributed by atoms with Crippen molar-refractivity contribution in [2.24, 2.45) is 0 Å². The fraction of sp³-hybridized carbons (Fsp3) is 0.350. The van der Waals surface area contributed by atoms with Gasteiger partial charge in [0.2, 0.25) is 0 Å². The Hall–Kier alpha value is -2.34. The van der Waals surface area contributed by atoms with Crippen molar-refractivity contribution < 1.29 is 17.9 Å². The summed E-state index contributed by atoms with van der Waals surface area (Å²) in [6.45, 7) is 2.52. The van der Waals surface area contributed by atoms with Crippen molar-refractivity contribution in [2.75, 3.05) is 18.1 Å². The number of carbonyl (C=O) groups excluding carboxylic acids is 1. The first-order valence-corrected chi connectivity index (χ1v) is 10.5. The van der Waals surface area contributed by atoms with Gasteiger partial charge >= 0.3 is 0 Å². The predicted octanol–water partition coefficient (Wildman–Crippen LogP) is 2.60. The first kappa shape index (κ1) is 17.1. The number of ether oxygens (including phenoxy) is 1. The zero-order valence-electron chi connectivity index (χ0n) is 14.6. The number of amides is 1. The summed E-state index contributed by atoms with van der Waals surface area (Å²) in [7, 11) is -3.05. The maximum atomic E-state index is 12.5. The second kappa shape index (κ2) is 6.13. The van der Waals surface area contributed by atoms with Gasteiger partial charge < -0.3 is 10.1 Å². The van der Waals surface area contributed by atoms with Crippen molar-refractivity contribution in [3.8, 4) is 16.9 Å². The molecule has 6 heteroatoms. The van der Waals surface area contributed by atoms with Crippen LogP contribution in [0, 0.1) is 0 Å². The molecule has 0 bridgehead atoms. The molecule has 26 heavy (non-hydrogen) atoms. The second-order valence-electron chi connectivity index (χ2n) is 7.36. The Kier molecular flexibility index (Phi) is 4.03. The molecular formula is C20H21NO4S. The Morgan fingerprint density at radius 2 is 1.85 bits per heavy atom. The lowest BCUT2D eigenvalue weighted by atomic mass is 9.99. The first-order chi connectivity index (χ1) is 12.3. The van der Waals surface area contributed by atoms with Gasteiger partial charge in [-0.05, 0) is 54.3 Å². The molecule has 4 rings (SSSR count). The molecule has 0 aromatic heterocycles. The number of fused-ring (bicyclic) bond motifs is 1. The number of carbonyl (C=O) groups is 1. The van der Waals surface area contributed by atoms with E-state index in [2.05, 4.69) is 11.4 Å². The number of rotatable bonds is 3. The average molecular weight is 371 g/mol. The van der Waals surface area contributed by atoms with Crippen LogP contribution >= 0.6 is 0 Å². The zero-order chi connectivity index (χ0) is 18.4. The maximum absolute atomic E-state index is 12.5. The highest BCUT2D eigenvalue weighted by atomic mass is 32.2. The lowest BCUT2D eigenvalue weighted by molar-refractivity contribution is 0.0915. The van der Waals surface area contributed by atoms with E-state index in [1.807, 2.05) is 24.3 Å². The van der Waals surface area contributed by atoms with Crippen LogP contribution in [0.4, 0.5) is 0 Å². The number of hydrogen-bond donors (Lipinski definition) is 1. The Balaban J connectivity index is 1.50. The minimum atomic E-state index is -3.05. The number of sulfone groups is 1. The molecule has 5 nitrogen and oxygen atoms in total. The van der Waals surface area contributed by atoms with Crippen LogP contribution in [0.3, 0.4) is 0 Å². The lowest BCUT2D eigenvalue weighted by Gasteiger charge is -2.23. The van der Waals surface area contributed by atoms with Gasteiger partial charge in [-0.2, -0.15) is 0 Å². The second-order valence-corrected chi connectivity index (χ2v) is 9.54. The molecular weight excluding hydrogens is 350 g/mol. The van der Waals surface area contributed by atoms with E-state index in [1.54, 1.807) is 19.1 Å². The van der Waals surface area contributed by atoms with Crippen molar-refractivity contribution in [3.05, 3.63) is 53.6 Å². The van der Waals surface area contributed by atoms with Crippen LogP contribution in [0.1, 0.15) is 29.3 Å². The van der Waals surface area contributed by atoms with Crippen molar-refractivity contribution in [3.63, 3.8) is 0 Å². The van der Waals surface area contributed by atoms with E-state index >= 15 is 0 Å². The van der Waals surface area contributed by atoms with Gasteiger partial charge in [-0.15, -0.1) is 0 Å². The van der Waals surface area contributed by atoms with Crippen LogP contribution in [0.25, 0.3) is 11.1 Å². The van der Waals surface area contributed by atoms with E-state index in [0.29, 0.717) is 12.0 Å². The van der Waals surface area contributed by atoms with E-state index in [1.165, 1.54) is 5.56 Å². The highest BCUT2D eigenvalue weighted by molar-refractivity contribution is 7.91. The summed E-state index contributed by atoms with van der Waals surface area (Å²) >= 11 is 0. The van der Waals surface area contributed by atoms with Crippen molar-refractivity contribution in [1.82, 2.24) is 5.32 Å². The van der Waals surface area contributed by atoms with Gasteiger partial charge in [0.05, 0.1) is 23.7 Å². The highest BCUT2D eigenvalue weighted by Gasteiger charge is 2.39. The zero-order valence-corrected chi connectivity index (χ0v) is 15.4. The van der Waals surface area contributed by atoms with Crippen LogP contribution in [-0.4, -0.2) is 38.0 Å². The standard InChI is InChI=1S/C20H21NO4S/c1-20(9-11-26(23,24)13-20)21-19(22)15-4-2-14(3-5-15)16-6-7-18-17(12-16)8-10-25-18/h2-7,12H,8-11,13H2,1H3,(H,21,22). The van der Waals surface area contributed by atoms with Gasteiger partial charge in [-0.1, -0.05) is 18.2 Å². The maximum Gasteiger partial charge on any atom is 0.251 e. The topological polar surface area (TPSA) is 72.5 Å². The van der Waals surface area contributed by atoms with Crippen LogP contribution in [0.2, 0.25) is 0 Å². The molecule has 1 unspecified atom stereocenters.